The zero-order valence-corrected chi connectivity index (χ0v) is 8.70. The number of aromatic amines is 2. The molecule has 1 heterocycles. The molecule has 0 spiro atoms. The lowest BCUT2D eigenvalue weighted by Crippen LogP contribution is -2.34. The first-order chi connectivity index (χ1) is 7.04. The van der Waals surface area contributed by atoms with E-state index >= 15 is 0 Å². The third-order valence-electron chi connectivity index (χ3n) is 2.30. The molecule has 0 radical (unpaired) electrons. The lowest BCUT2D eigenvalue weighted by Gasteiger charge is -2.19. The van der Waals surface area contributed by atoms with Crippen LogP contribution in [0.5, 0.6) is 0 Å². The molecule has 7 heteroatoms. The minimum Gasteiger partial charge on any atom is -0.361 e. The molecule has 0 aliphatic heterocycles. The first-order valence-corrected chi connectivity index (χ1v) is 4.70. The van der Waals surface area contributed by atoms with Crippen molar-refractivity contribution >= 4 is 5.82 Å². The molecule has 5 N–H and O–H groups in total. The van der Waals surface area contributed by atoms with Crippen molar-refractivity contribution in [3.63, 3.8) is 0 Å². The first kappa shape index (κ1) is 11.4. The fraction of sp³-hybridized carbons (Fsp3) is 0.625. The van der Waals surface area contributed by atoms with Crippen molar-refractivity contribution in [1.29, 1.82) is 0 Å². The zero-order valence-electron chi connectivity index (χ0n) is 8.70. The van der Waals surface area contributed by atoms with Gasteiger partial charge in [0.25, 0.3) is 5.56 Å². The van der Waals surface area contributed by atoms with Gasteiger partial charge in [0.1, 0.15) is 0 Å². The number of nitrogens with zero attached hydrogens (tertiary/aromatic N) is 1. The predicted molar refractivity (Wildman–Crippen MR) is 56.8 cm³/mol. The molecule has 0 aromatic carbocycles. The van der Waals surface area contributed by atoms with Gasteiger partial charge in [-0.3, -0.25) is 9.78 Å². The molecule has 2 atom stereocenters. The SMILES string of the molecule is CC(CN)C(C)Nc1n[nH]c(=O)[nH]c1=O. The quantitative estimate of drug-likeness (QED) is 0.504. The number of rotatable bonds is 4. The van der Waals surface area contributed by atoms with Crippen molar-refractivity contribution in [2.75, 3.05) is 11.9 Å². The number of nitrogens with one attached hydrogen (secondary N) is 3. The van der Waals surface area contributed by atoms with Crippen LogP contribution in [-0.2, 0) is 0 Å². The summed E-state index contributed by atoms with van der Waals surface area (Å²) in [5, 5.41) is 8.63. The van der Waals surface area contributed by atoms with E-state index in [0.717, 1.165) is 0 Å². The van der Waals surface area contributed by atoms with E-state index in [1.54, 1.807) is 0 Å². The Morgan fingerprint density at radius 1 is 1.47 bits per heavy atom. The summed E-state index contributed by atoms with van der Waals surface area (Å²) in [5.74, 6) is 0.306. The highest BCUT2D eigenvalue weighted by atomic mass is 16.2. The molecule has 7 nitrogen and oxygen atoms in total. The minimum absolute atomic E-state index is 0.00880. The Kier molecular flexibility index (Phi) is 3.62. The number of hydrogen-bond donors (Lipinski definition) is 4. The Balaban J connectivity index is 2.81. The normalized spacial score (nSPS) is 14.6. The topological polar surface area (TPSA) is 117 Å². The zero-order chi connectivity index (χ0) is 11.4. The maximum Gasteiger partial charge on any atom is 0.342 e. The molecule has 0 fully saturated rings. The Labute approximate surface area is 86.1 Å². The molecule has 1 aromatic rings. The molecule has 2 unspecified atom stereocenters. The van der Waals surface area contributed by atoms with Crippen LogP contribution < -0.4 is 22.3 Å². The second kappa shape index (κ2) is 4.74. The minimum atomic E-state index is -0.620. The number of aromatic nitrogens is 3. The lowest BCUT2D eigenvalue weighted by atomic mass is 10.0. The number of hydrogen-bond acceptors (Lipinski definition) is 5. The first-order valence-electron chi connectivity index (χ1n) is 4.70. The molecule has 0 bridgehead atoms. The highest BCUT2D eigenvalue weighted by molar-refractivity contribution is 5.30. The molecule has 0 aliphatic rings. The maximum atomic E-state index is 11.3. The van der Waals surface area contributed by atoms with E-state index in [1.807, 2.05) is 13.8 Å². The van der Waals surface area contributed by atoms with Crippen LogP contribution in [0.1, 0.15) is 13.8 Å². The van der Waals surface area contributed by atoms with E-state index in [4.69, 9.17) is 5.73 Å². The van der Waals surface area contributed by atoms with Crippen molar-refractivity contribution in [2.45, 2.75) is 19.9 Å². The summed E-state index contributed by atoms with van der Waals surface area (Å²) in [6.07, 6.45) is 0. The molecular weight excluding hydrogens is 198 g/mol. The van der Waals surface area contributed by atoms with E-state index in [9.17, 15) is 9.59 Å². The Morgan fingerprint density at radius 3 is 2.67 bits per heavy atom. The Morgan fingerprint density at radius 2 is 2.13 bits per heavy atom. The molecule has 84 valence electrons. The Bertz CT molecular complexity index is 424. The molecule has 1 aromatic heterocycles. The van der Waals surface area contributed by atoms with Gasteiger partial charge >= 0.3 is 5.69 Å². The van der Waals surface area contributed by atoms with E-state index in [1.165, 1.54) is 0 Å². The van der Waals surface area contributed by atoms with Gasteiger partial charge in [-0.05, 0) is 19.4 Å². The van der Waals surface area contributed by atoms with Crippen molar-refractivity contribution in [2.24, 2.45) is 11.7 Å². The van der Waals surface area contributed by atoms with E-state index in [-0.39, 0.29) is 17.8 Å². The third kappa shape index (κ3) is 2.91. The summed E-state index contributed by atoms with van der Waals surface area (Å²) in [6.45, 7) is 4.36. The van der Waals surface area contributed by atoms with Crippen LogP contribution in [-0.4, -0.2) is 27.8 Å². The monoisotopic (exact) mass is 213 g/mol. The fourth-order valence-corrected chi connectivity index (χ4v) is 1.01. The molecule has 0 aliphatic carbocycles. The van der Waals surface area contributed by atoms with E-state index < -0.39 is 11.2 Å². The molecule has 1 rings (SSSR count). The van der Waals surface area contributed by atoms with Gasteiger partial charge in [0.05, 0.1) is 0 Å². The van der Waals surface area contributed by atoms with Gasteiger partial charge in [-0.15, -0.1) is 5.10 Å². The van der Waals surface area contributed by atoms with Crippen LogP contribution in [0.4, 0.5) is 5.82 Å². The van der Waals surface area contributed by atoms with Crippen LogP contribution in [0.2, 0.25) is 0 Å². The predicted octanol–water partition coefficient (Wildman–Crippen LogP) is -1.15. The number of anilines is 1. The van der Waals surface area contributed by atoms with Crippen molar-refractivity contribution in [3.05, 3.63) is 20.8 Å². The van der Waals surface area contributed by atoms with Gasteiger partial charge in [0, 0.05) is 6.04 Å². The molecular formula is C8H15N5O2. The van der Waals surface area contributed by atoms with Crippen molar-refractivity contribution in [1.82, 2.24) is 15.2 Å². The lowest BCUT2D eigenvalue weighted by molar-refractivity contribution is 0.518. The van der Waals surface area contributed by atoms with Gasteiger partial charge < -0.3 is 11.1 Å². The van der Waals surface area contributed by atoms with Crippen molar-refractivity contribution < 1.29 is 0 Å². The highest BCUT2D eigenvalue weighted by Gasteiger charge is 2.12. The van der Waals surface area contributed by atoms with Gasteiger partial charge in [0.15, 0.2) is 0 Å². The van der Waals surface area contributed by atoms with Crippen LogP contribution in [0.25, 0.3) is 0 Å². The molecule has 15 heavy (non-hydrogen) atoms. The number of nitrogens with two attached hydrogens (primary N) is 1. The second-order valence-corrected chi connectivity index (χ2v) is 3.50. The maximum absolute atomic E-state index is 11.3. The summed E-state index contributed by atoms with van der Waals surface area (Å²) >= 11 is 0. The van der Waals surface area contributed by atoms with Crippen LogP contribution in [0, 0.1) is 5.92 Å². The van der Waals surface area contributed by atoms with Gasteiger partial charge in [-0.25, -0.2) is 9.89 Å². The molecule has 0 amide bonds. The summed E-state index contributed by atoms with van der Waals surface area (Å²) in [4.78, 5) is 24.0. The average Bonchev–Trinajstić information content (AvgIpc) is 2.20. The smallest absolute Gasteiger partial charge is 0.342 e. The summed E-state index contributed by atoms with van der Waals surface area (Å²) < 4.78 is 0. The summed E-state index contributed by atoms with van der Waals surface area (Å²) in [6, 6.07) is 0.00880. The average molecular weight is 213 g/mol. The van der Waals surface area contributed by atoms with Crippen LogP contribution >= 0.6 is 0 Å². The van der Waals surface area contributed by atoms with E-state index in [0.29, 0.717) is 6.54 Å². The number of H-pyrrole nitrogens is 2. The third-order valence-corrected chi connectivity index (χ3v) is 2.30. The second-order valence-electron chi connectivity index (χ2n) is 3.50. The van der Waals surface area contributed by atoms with Gasteiger partial charge in [-0.1, -0.05) is 6.92 Å². The van der Waals surface area contributed by atoms with Crippen LogP contribution in [0.15, 0.2) is 9.59 Å². The largest absolute Gasteiger partial charge is 0.361 e. The summed E-state index contributed by atoms with van der Waals surface area (Å²) in [7, 11) is 0. The van der Waals surface area contributed by atoms with Gasteiger partial charge in [0.2, 0.25) is 5.82 Å². The Hall–Kier alpha value is -1.63. The summed E-state index contributed by atoms with van der Waals surface area (Å²) in [5.41, 5.74) is 4.33. The van der Waals surface area contributed by atoms with Crippen molar-refractivity contribution in [3.8, 4) is 0 Å². The molecule has 0 saturated heterocycles. The fourth-order valence-electron chi connectivity index (χ4n) is 1.01. The molecule has 0 saturated carbocycles. The highest BCUT2D eigenvalue weighted by Crippen LogP contribution is 2.04. The van der Waals surface area contributed by atoms with Crippen LogP contribution in [0.3, 0.4) is 0 Å². The van der Waals surface area contributed by atoms with Gasteiger partial charge in [-0.2, -0.15) is 0 Å². The van der Waals surface area contributed by atoms with E-state index in [2.05, 4.69) is 20.5 Å². The standard InChI is InChI=1S/C8H15N5O2/c1-4(3-9)5(2)10-6-7(14)11-8(15)13-12-6/h4-5H,3,9H2,1-2H3,(H,10,12)(H2,11,13,14,15).